The standard InChI is InChI=1S/C14H22N4O.ClH/c1-11-9-12(16-17(11)2)13(19)18-8-5-14(10-18)3-6-15-7-4-14;/h9,15H,3-8,10H2,1-2H3;1H. The van der Waals surface area contributed by atoms with E-state index < -0.39 is 0 Å². The number of likely N-dealkylation sites (tertiary alicyclic amines) is 1. The van der Waals surface area contributed by atoms with Crippen molar-refractivity contribution in [2.75, 3.05) is 26.2 Å². The predicted molar refractivity (Wildman–Crippen MR) is 80.3 cm³/mol. The zero-order valence-electron chi connectivity index (χ0n) is 12.2. The highest BCUT2D eigenvalue weighted by atomic mass is 35.5. The van der Waals surface area contributed by atoms with Crippen molar-refractivity contribution in [1.29, 1.82) is 0 Å². The lowest BCUT2D eigenvalue weighted by molar-refractivity contribution is 0.0755. The third-order valence-electron chi connectivity index (χ3n) is 4.72. The average molecular weight is 299 g/mol. The van der Waals surface area contributed by atoms with Crippen LogP contribution in [0.2, 0.25) is 0 Å². The first kappa shape index (κ1) is 15.3. The van der Waals surface area contributed by atoms with E-state index in [0.29, 0.717) is 11.1 Å². The third kappa shape index (κ3) is 2.69. The summed E-state index contributed by atoms with van der Waals surface area (Å²) < 4.78 is 1.77. The Morgan fingerprint density at radius 3 is 2.65 bits per heavy atom. The van der Waals surface area contributed by atoms with Crippen LogP contribution in [0.25, 0.3) is 0 Å². The van der Waals surface area contributed by atoms with Crippen LogP contribution in [0.15, 0.2) is 6.07 Å². The molecule has 1 amide bonds. The largest absolute Gasteiger partial charge is 0.337 e. The second kappa shape index (κ2) is 5.74. The number of nitrogens with one attached hydrogen (secondary N) is 1. The summed E-state index contributed by atoms with van der Waals surface area (Å²) in [6.07, 6.45) is 3.53. The fraction of sp³-hybridized carbons (Fsp3) is 0.714. The smallest absolute Gasteiger partial charge is 0.274 e. The van der Waals surface area contributed by atoms with E-state index in [2.05, 4.69) is 10.4 Å². The molecule has 1 N–H and O–H groups in total. The van der Waals surface area contributed by atoms with Crippen molar-refractivity contribution < 1.29 is 4.79 Å². The number of carbonyl (C=O) groups is 1. The summed E-state index contributed by atoms with van der Waals surface area (Å²) in [5.41, 5.74) is 1.98. The zero-order chi connectivity index (χ0) is 13.5. The van der Waals surface area contributed by atoms with Crippen molar-refractivity contribution in [3.63, 3.8) is 0 Å². The molecule has 0 bridgehead atoms. The molecule has 1 spiro atoms. The minimum atomic E-state index is 0. The quantitative estimate of drug-likeness (QED) is 0.852. The second-order valence-corrected chi connectivity index (χ2v) is 6.02. The molecule has 3 rings (SSSR count). The van der Waals surface area contributed by atoms with Crippen LogP contribution < -0.4 is 5.32 Å². The van der Waals surface area contributed by atoms with Gasteiger partial charge < -0.3 is 10.2 Å². The van der Waals surface area contributed by atoms with Crippen molar-refractivity contribution in [3.05, 3.63) is 17.5 Å². The Hall–Kier alpha value is -1.07. The number of hydrogen-bond acceptors (Lipinski definition) is 3. The van der Waals surface area contributed by atoms with Gasteiger partial charge in [0, 0.05) is 25.8 Å². The van der Waals surface area contributed by atoms with Gasteiger partial charge in [0.15, 0.2) is 5.69 Å². The molecule has 2 aliphatic rings. The zero-order valence-corrected chi connectivity index (χ0v) is 13.0. The van der Waals surface area contributed by atoms with Crippen molar-refractivity contribution in [3.8, 4) is 0 Å². The van der Waals surface area contributed by atoms with Gasteiger partial charge in [-0.15, -0.1) is 12.4 Å². The van der Waals surface area contributed by atoms with Crippen LogP contribution in [0.4, 0.5) is 0 Å². The predicted octanol–water partition coefficient (Wildman–Crippen LogP) is 1.37. The Kier molecular flexibility index (Phi) is 4.39. The summed E-state index contributed by atoms with van der Waals surface area (Å²) in [5, 5.41) is 7.70. The van der Waals surface area contributed by atoms with Crippen LogP contribution >= 0.6 is 12.4 Å². The molecule has 0 unspecified atom stereocenters. The van der Waals surface area contributed by atoms with E-state index in [1.54, 1.807) is 4.68 Å². The first-order chi connectivity index (χ1) is 9.10. The molecule has 0 aromatic carbocycles. The fourth-order valence-electron chi connectivity index (χ4n) is 3.30. The van der Waals surface area contributed by atoms with Gasteiger partial charge in [0.05, 0.1) is 0 Å². The van der Waals surface area contributed by atoms with Crippen molar-refractivity contribution in [1.82, 2.24) is 20.0 Å². The minimum Gasteiger partial charge on any atom is -0.337 e. The molecule has 1 aromatic rings. The van der Waals surface area contributed by atoms with E-state index in [0.717, 1.165) is 38.3 Å². The van der Waals surface area contributed by atoms with Gasteiger partial charge in [-0.3, -0.25) is 9.48 Å². The second-order valence-electron chi connectivity index (χ2n) is 6.02. The number of aromatic nitrogens is 2. The van der Waals surface area contributed by atoms with Gasteiger partial charge in [0.25, 0.3) is 5.91 Å². The van der Waals surface area contributed by atoms with Gasteiger partial charge in [-0.1, -0.05) is 0 Å². The lowest BCUT2D eigenvalue weighted by Crippen LogP contribution is -2.39. The number of nitrogens with zero attached hydrogens (tertiary/aromatic N) is 3. The molecule has 1 aromatic heterocycles. The summed E-state index contributed by atoms with van der Waals surface area (Å²) in [6, 6.07) is 1.88. The third-order valence-corrected chi connectivity index (χ3v) is 4.72. The lowest BCUT2D eigenvalue weighted by atomic mass is 9.78. The molecule has 20 heavy (non-hydrogen) atoms. The van der Waals surface area contributed by atoms with Gasteiger partial charge >= 0.3 is 0 Å². The lowest BCUT2D eigenvalue weighted by Gasteiger charge is -2.33. The summed E-state index contributed by atoms with van der Waals surface area (Å²) in [5.74, 6) is 0.0964. The number of rotatable bonds is 1. The monoisotopic (exact) mass is 298 g/mol. The van der Waals surface area contributed by atoms with Crippen molar-refractivity contribution in [2.45, 2.75) is 26.2 Å². The fourth-order valence-corrected chi connectivity index (χ4v) is 3.30. The van der Waals surface area contributed by atoms with E-state index in [-0.39, 0.29) is 18.3 Å². The van der Waals surface area contributed by atoms with Gasteiger partial charge in [0.1, 0.15) is 0 Å². The molecule has 0 atom stereocenters. The molecule has 2 aliphatic heterocycles. The highest BCUT2D eigenvalue weighted by molar-refractivity contribution is 5.92. The summed E-state index contributed by atoms with van der Waals surface area (Å²) in [4.78, 5) is 14.5. The van der Waals surface area contributed by atoms with Gasteiger partial charge in [-0.05, 0) is 50.8 Å². The van der Waals surface area contributed by atoms with Crippen LogP contribution in [-0.2, 0) is 7.05 Å². The Bertz CT molecular complexity index is 474. The van der Waals surface area contributed by atoms with Crippen molar-refractivity contribution in [2.24, 2.45) is 12.5 Å². The van der Waals surface area contributed by atoms with E-state index in [9.17, 15) is 4.79 Å². The van der Waals surface area contributed by atoms with E-state index in [1.165, 1.54) is 12.8 Å². The number of carbonyl (C=O) groups excluding carboxylic acids is 1. The molecular weight excluding hydrogens is 276 g/mol. The van der Waals surface area contributed by atoms with Crippen LogP contribution in [0.5, 0.6) is 0 Å². The van der Waals surface area contributed by atoms with Crippen LogP contribution in [0.1, 0.15) is 35.4 Å². The number of halogens is 1. The maximum Gasteiger partial charge on any atom is 0.274 e. The van der Waals surface area contributed by atoms with Crippen molar-refractivity contribution >= 4 is 18.3 Å². The van der Waals surface area contributed by atoms with Gasteiger partial charge in [0.2, 0.25) is 0 Å². The Balaban J connectivity index is 0.00000147. The average Bonchev–Trinajstić information content (AvgIpc) is 2.95. The molecule has 2 fully saturated rings. The summed E-state index contributed by atoms with van der Waals surface area (Å²) in [6.45, 7) is 5.94. The van der Waals surface area contributed by atoms with Gasteiger partial charge in [-0.25, -0.2) is 0 Å². The van der Waals surface area contributed by atoms with E-state index in [1.807, 2.05) is 24.9 Å². The number of piperidine rings is 1. The van der Waals surface area contributed by atoms with Crippen LogP contribution in [-0.4, -0.2) is 46.8 Å². The first-order valence-electron chi connectivity index (χ1n) is 7.10. The van der Waals surface area contributed by atoms with E-state index in [4.69, 9.17) is 0 Å². The maximum absolute atomic E-state index is 12.5. The number of aryl methyl sites for hydroxylation is 2. The number of amides is 1. The highest BCUT2D eigenvalue weighted by Crippen LogP contribution is 2.38. The Labute approximate surface area is 126 Å². The minimum absolute atomic E-state index is 0. The Morgan fingerprint density at radius 2 is 2.05 bits per heavy atom. The SMILES string of the molecule is Cc1cc(C(=O)N2CCC3(CCNCC3)C2)nn1C.Cl. The molecule has 0 radical (unpaired) electrons. The molecule has 0 aliphatic carbocycles. The maximum atomic E-state index is 12.5. The molecule has 0 saturated carbocycles. The molecule has 2 saturated heterocycles. The molecule has 5 nitrogen and oxygen atoms in total. The first-order valence-corrected chi connectivity index (χ1v) is 7.10. The topological polar surface area (TPSA) is 50.2 Å². The van der Waals surface area contributed by atoms with Crippen LogP contribution in [0.3, 0.4) is 0 Å². The molecular formula is C14H23ClN4O. The van der Waals surface area contributed by atoms with Gasteiger partial charge in [-0.2, -0.15) is 5.10 Å². The highest BCUT2D eigenvalue weighted by Gasteiger charge is 2.41. The van der Waals surface area contributed by atoms with E-state index >= 15 is 0 Å². The molecule has 6 heteroatoms. The van der Waals surface area contributed by atoms with Crippen LogP contribution in [0, 0.1) is 12.3 Å². The molecule has 3 heterocycles. The molecule has 112 valence electrons. The summed E-state index contributed by atoms with van der Waals surface area (Å²) in [7, 11) is 1.88. The Morgan fingerprint density at radius 1 is 1.35 bits per heavy atom. The summed E-state index contributed by atoms with van der Waals surface area (Å²) >= 11 is 0. The normalized spacial score (nSPS) is 21.0. The number of hydrogen-bond donors (Lipinski definition) is 1.